The summed E-state index contributed by atoms with van der Waals surface area (Å²) in [6.45, 7) is 19.5. The molecule has 0 unspecified atom stereocenters. The summed E-state index contributed by atoms with van der Waals surface area (Å²) in [4.78, 5) is 4.62. The second-order valence-corrected chi connectivity index (χ2v) is 17.0. The molecule has 0 spiro atoms. The van der Waals surface area contributed by atoms with Gasteiger partial charge in [0.25, 0.3) is 0 Å². The van der Waals surface area contributed by atoms with Gasteiger partial charge in [-0.15, -0.1) is 0 Å². The van der Waals surface area contributed by atoms with E-state index in [1.807, 2.05) is 36.4 Å². The first-order valence-corrected chi connectivity index (χ1v) is 21.5. The number of anilines is 5. The lowest BCUT2D eigenvalue weighted by Gasteiger charge is -2.33. The number of amidine groups is 1. The van der Waals surface area contributed by atoms with Gasteiger partial charge in [0.1, 0.15) is 5.84 Å². The van der Waals surface area contributed by atoms with Crippen LogP contribution in [0, 0.1) is 5.41 Å². The van der Waals surface area contributed by atoms with Crippen LogP contribution in [-0.2, 0) is 5.41 Å². The molecule has 63 heavy (non-hydrogen) atoms. The van der Waals surface area contributed by atoms with Crippen LogP contribution in [0.2, 0.25) is 0 Å². The number of nitrogens with one attached hydrogen (secondary N) is 1. The van der Waals surface area contributed by atoms with E-state index in [4.69, 9.17) is 17.7 Å². The monoisotopic (exact) mass is 818 g/mol. The maximum atomic E-state index is 8.10. The number of nitrogens with two attached hydrogens (primary N) is 1. The van der Waals surface area contributed by atoms with Crippen molar-refractivity contribution in [2.24, 2.45) is 5.73 Å². The predicted octanol–water partition coefficient (Wildman–Crippen LogP) is 15.7. The summed E-state index contributed by atoms with van der Waals surface area (Å²) >= 11 is 0. The first-order valence-electron chi connectivity index (χ1n) is 21.5. The molecule has 2 aliphatic rings. The largest absolute Gasteiger partial charge is 0.384 e. The van der Waals surface area contributed by atoms with Gasteiger partial charge in [-0.05, 0) is 153 Å². The van der Waals surface area contributed by atoms with Crippen molar-refractivity contribution in [3.63, 3.8) is 0 Å². The molecule has 8 rings (SSSR count). The molecular formula is C59H54N4. The second kappa shape index (κ2) is 18.1. The second-order valence-electron chi connectivity index (χ2n) is 17.0. The minimum atomic E-state index is -0.217. The Balaban J connectivity index is 1.33. The number of benzene rings is 6. The molecule has 0 bridgehead atoms. The highest BCUT2D eigenvalue weighted by Crippen LogP contribution is 2.47. The van der Waals surface area contributed by atoms with Crippen LogP contribution in [-0.4, -0.2) is 5.84 Å². The van der Waals surface area contributed by atoms with E-state index in [9.17, 15) is 0 Å². The molecule has 0 saturated heterocycles. The maximum absolute atomic E-state index is 8.10. The van der Waals surface area contributed by atoms with Gasteiger partial charge >= 0.3 is 0 Å². The van der Waals surface area contributed by atoms with Gasteiger partial charge in [-0.2, -0.15) is 0 Å². The zero-order valence-corrected chi connectivity index (χ0v) is 36.5. The average Bonchev–Trinajstić information content (AvgIpc) is 3.31. The van der Waals surface area contributed by atoms with Crippen molar-refractivity contribution in [1.82, 2.24) is 0 Å². The number of nitrogens with zero attached hydrogens (tertiary/aromatic N) is 2. The molecule has 0 aromatic heterocycles. The first kappa shape index (κ1) is 42.0. The van der Waals surface area contributed by atoms with E-state index in [-0.39, 0.29) is 11.3 Å². The Morgan fingerprint density at radius 2 is 1.33 bits per heavy atom. The first-order chi connectivity index (χ1) is 30.5. The summed E-state index contributed by atoms with van der Waals surface area (Å²) in [5, 5.41) is 8.10. The fourth-order valence-electron chi connectivity index (χ4n) is 8.44. The third-order valence-electron chi connectivity index (χ3n) is 11.7. The van der Waals surface area contributed by atoms with E-state index in [1.54, 1.807) is 6.08 Å². The summed E-state index contributed by atoms with van der Waals surface area (Å²) in [6, 6.07) is 49.2. The van der Waals surface area contributed by atoms with Crippen molar-refractivity contribution in [3.8, 4) is 22.3 Å². The molecule has 4 nitrogen and oxygen atoms in total. The van der Waals surface area contributed by atoms with Gasteiger partial charge in [0.15, 0.2) is 0 Å². The number of nitrogen functional groups attached to an aromatic ring is 1. The van der Waals surface area contributed by atoms with Crippen LogP contribution in [0.1, 0.15) is 55.9 Å². The lowest BCUT2D eigenvalue weighted by atomic mass is 9.83. The zero-order chi connectivity index (χ0) is 44.1. The van der Waals surface area contributed by atoms with Gasteiger partial charge in [0.2, 0.25) is 0 Å². The van der Waals surface area contributed by atoms with Crippen LogP contribution in [0.25, 0.3) is 33.4 Å². The highest BCUT2D eigenvalue weighted by molar-refractivity contribution is 5.99. The quantitative estimate of drug-likeness (QED) is 0.0778. The predicted molar refractivity (Wildman–Crippen MR) is 271 cm³/mol. The molecule has 1 aliphatic carbocycles. The van der Waals surface area contributed by atoms with Crippen LogP contribution >= 0.6 is 0 Å². The summed E-state index contributed by atoms with van der Waals surface area (Å²) in [5.41, 5.74) is 23.5. The number of rotatable bonds is 11. The smallest absolute Gasteiger partial charge is 0.122 e. The molecule has 0 radical (unpaired) electrons. The fraction of sp³-hybridized carbons (Fsp3) is 0.102. The molecular weight excluding hydrogens is 765 g/mol. The van der Waals surface area contributed by atoms with Crippen molar-refractivity contribution in [2.75, 3.05) is 9.80 Å². The van der Waals surface area contributed by atoms with E-state index < -0.39 is 0 Å². The SMILES string of the molecule is C=C/C=C(\C=C)c1ccc(N(c2ccc(C(=N)N)cc2)c2ccc(N3/C=C\C(C4=CCCC=C4)=C/C(=C)c4cc(-c5ccccc5)cc(-c5ccccc5)c43)cc2)c(C(C)(C)C)c1. The Bertz CT molecular complexity index is 2860. The van der Waals surface area contributed by atoms with Crippen LogP contribution in [0.5, 0.6) is 0 Å². The van der Waals surface area contributed by atoms with Gasteiger partial charge in [-0.1, -0.05) is 144 Å². The molecule has 0 fully saturated rings. The van der Waals surface area contributed by atoms with Crippen molar-refractivity contribution >= 4 is 45.4 Å². The van der Waals surface area contributed by atoms with Gasteiger partial charge in [0, 0.05) is 45.6 Å². The number of allylic oxidation sites excluding steroid dienone is 12. The molecule has 1 heterocycles. The Morgan fingerprint density at radius 1 is 0.698 bits per heavy atom. The van der Waals surface area contributed by atoms with Crippen molar-refractivity contribution in [1.29, 1.82) is 5.41 Å². The third kappa shape index (κ3) is 8.89. The molecule has 0 saturated carbocycles. The molecule has 0 amide bonds. The Morgan fingerprint density at radius 3 is 1.94 bits per heavy atom. The molecule has 4 heteroatoms. The van der Waals surface area contributed by atoms with Gasteiger partial charge in [-0.25, -0.2) is 0 Å². The van der Waals surface area contributed by atoms with Crippen LogP contribution in [0.4, 0.5) is 28.4 Å². The van der Waals surface area contributed by atoms with Gasteiger partial charge in [0.05, 0.1) is 5.69 Å². The molecule has 6 aromatic rings. The fourth-order valence-corrected chi connectivity index (χ4v) is 8.44. The number of hydrogen-bond donors (Lipinski definition) is 2. The molecule has 3 N–H and O–H groups in total. The van der Waals surface area contributed by atoms with E-state index in [0.717, 1.165) is 91.4 Å². The Labute approximate surface area is 373 Å². The topological polar surface area (TPSA) is 56.4 Å². The standard InChI is InChI=1S/C59H54N4/c1-7-18-42(8-2)47-27-34-56(55(40-47)59(4,5)6)63(51-28-25-46(26-29-51)58(60)61)52-32-30-50(31-33-52)62-36-35-48(43-19-12-9-13-20-43)37-41(3)53-38-49(44-21-14-10-15-22-44)39-54(57(53)62)45-23-16-11-17-24-45/h7-8,10-12,14-40H,1-3,9,13H2,4-6H3,(H3,60,61)/b36-35-,42-18+,48-37+. The molecule has 0 atom stereocenters. The Kier molecular flexibility index (Phi) is 12.1. The normalized spacial score (nSPS) is 15.3. The van der Waals surface area contributed by atoms with Crippen molar-refractivity contribution in [2.45, 2.75) is 39.0 Å². The van der Waals surface area contributed by atoms with Gasteiger partial charge < -0.3 is 15.5 Å². The van der Waals surface area contributed by atoms with Gasteiger partial charge in [-0.3, -0.25) is 5.41 Å². The summed E-state index contributed by atoms with van der Waals surface area (Å²) in [6.07, 6.45) is 21.2. The molecule has 310 valence electrons. The average molecular weight is 819 g/mol. The summed E-state index contributed by atoms with van der Waals surface area (Å²) in [5.74, 6) is 0.0342. The summed E-state index contributed by atoms with van der Waals surface area (Å²) < 4.78 is 0. The van der Waals surface area contributed by atoms with Crippen LogP contribution in [0.3, 0.4) is 0 Å². The molecule has 1 aliphatic heterocycles. The maximum Gasteiger partial charge on any atom is 0.122 e. The van der Waals surface area contributed by atoms with Crippen LogP contribution < -0.4 is 15.5 Å². The minimum Gasteiger partial charge on any atom is -0.384 e. The Hall–Kier alpha value is -7.69. The highest BCUT2D eigenvalue weighted by Gasteiger charge is 2.26. The van der Waals surface area contributed by atoms with Crippen molar-refractivity contribution in [3.05, 3.63) is 247 Å². The molecule has 6 aromatic carbocycles. The van der Waals surface area contributed by atoms with Crippen LogP contribution in [0.15, 0.2) is 225 Å². The van der Waals surface area contributed by atoms with Crippen molar-refractivity contribution < 1.29 is 0 Å². The lowest BCUT2D eigenvalue weighted by molar-refractivity contribution is 0.591. The van der Waals surface area contributed by atoms with E-state index in [2.05, 4.69) is 196 Å². The van der Waals surface area contributed by atoms with E-state index in [1.165, 1.54) is 11.1 Å². The van der Waals surface area contributed by atoms with E-state index in [0.29, 0.717) is 5.56 Å². The minimum absolute atomic E-state index is 0.0342. The summed E-state index contributed by atoms with van der Waals surface area (Å²) in [7, 11) is 0. The number of fused-ring (bicyclic) bond motifs is 1. The third-order valence-corrected chi connectivity index (χ3v) is 11.7. The highest BCUT2D eigenvalue weighted by atomic mass is 15.2. The lowest BCUT2D eigenvalue weighted by Crippen LogP contribution is -2.20. The zero-order valence-electron chi connectivity index (χ0n) is 36.5. The number of hydrogen-bond acceptors (Lipinski definition) is 3. The van der Waals surface area contributed by atoms with E-state index >= 15 is 0 Å².